The third kappa shape index (κ3) is 4.31. The average Bonchev–Trinajstić information content (AvgIpc) is 2.42. The molecule has 2 aromatic rings. The quantitative estimate of drug-likeness (QED) is 0.841. The molecule has 0 saturated heterocycles. The lowest BCUT2D eigenvalue weighted by Crippen LogP contribution is -2.34. The number of halogens is 2. The second-order valence-corrected chi connectivity index (χ2v) is 5.87. The fourth-order valence-electron chi connectivity index (χ4n) is 1.39. The first kappa shape index (κ1) is 15.0. The van der Waals surface area contributed by atoms with Crippen LogP contribution in [0.5, 0.6) is 0 Å². The van der Waals surface area contributed by atoms with Crippen molar-refractivity contribution >= 4 is 46.3 Å². The number of hydrogen-bond acceptors (Lipinski definition) is 2. The van der Waals surface area contributed by atoms with Crippen LogP contribution in [-0.2, 0) is 11.4 Å². The molecule has 0 heterocycles. The number of amides is 2. The molecule has 104 valence electrons. The standard InChI is InChI=1S/C13H10Cl2N2O2S/c14-9-1-5-11(6-2-9)16-13(18)17-20(19)12-7-3-10(15)4-8-12/h1-8H,(H2,16,17,18). The zero-order valence-electron chi connectivity index (χ0n) is 10.1. The highest BCUT2D eigenvalue weighted by molar-refractivity contribution is 7.90. The van der Waals surface area contributed by atoms with E-state index in [0.29, 0.717) is 20.6 Å². The molecule has 2 rings (SSSR count). The number of anilines is 1. The first-order valence-corrected chi connectivity index (χ1v) is 7.46. The highest BCUT2D eigenvalue weighted by Gasteiger charge is 2.15. The predicted molar refractivity (Wildman–Crippen MR) is 81.5 cm³/mol. The third-order valence-electron chi connectivity index (χ3n) is 2.32. The molecule has 2 N–H and O–H groups in total. The Morgan fingerprint density at radius 1 is 0.950 bits per heavy atom. The molecule has 20 heavy (non-hydrogen) atoms. The number of urea groups is 1. The van der Waals surface area contributed by atoms with Gasteiger partial charge in [-0.25, -0.2) is 4.79 Å². The van der Waals surface area contributed by atoms with E-state index in [1.54, 1.807) is 48.5 Å². The molecule has 0 aliphatic heterocycles. The molecule has 1 atom stereocenters. The Labute approximate surface area is 129 Å². The maximum absolute atomic E-state index is 11.9. The number of benzene rings is 2. The Bertz CT molecular complexity index is 590. The number of carbonyl (C=O) groups excluding carboxylic acids is 1. The van der Waals surface area contributed by atoms with Crippen molar-refractivity contribution < 1.29 is 9.35 Å². The maximum Gasteiger partial charge on any atom is 0.361 e. The van der Waals surface area contributed by atoms with Crippen LogP contribution in [0.15, 0.2) is 53.4 Å². The minimum Gasteiger partial charge on any atom is -0.588 e. The second-order valence-electron chi connectivity index (χ2n) is 3.79. The van der Waals surface area contributed by atoms with Crippen molar-refractivity contribution in [3.63, 3.8) is 0 Å². The predicted octanol–water partition coefficient (Wildman–Crippen LogP) is 3.84. The maximum atomic E-state index is 11.9. The zero-order chi connectivity index (χ0) is 14.5. The van der Waals surface area contributed by atoms with E-state index < -0.39 is 17.4 Å². The molecule has 4 nitrogen and oxygen atoms in total. The fourth-order valence-corrected chi connectivity index (χ4v) is 2.36. The van der Waals surface area contributed by atoms with E-state index in [-0.39, 0.29) is 0 Å². The van der Waals surface area contributed by atoms with Crippen molar-refractivity contribution in [2.75, 3.05) is 5.32 Å². The van der Waals surface area contributed by atoms with Crippen LogP contribution >= 0.6 is 23.2 Å². The average molecular weight is 329 g/mol. The molecule has 0 spiro atoms. The van der Waals surface area contributed by atoms with Gasteiger partial charge in [-0.2, -0.15) is 0 Å². The van der Waals surface area contributed by atoms with Gasteiger partial charge >= 0.3 is 6.03 Å². The van der Waals surface area contributed by atoms with Crippen molar-refractivity contribution in [3.05, 3.63) is 58.6 Å². The summed E-state index contributed by atoms with van der Waals surface area (Å²) in [5.41, 5.74) is 0.556. The number of rotatable bonds is 3. The number of nitrogens with one attached hydrogen (secondary N) is 2. The second kappa shape index (κ2) is 6.85. The highest BCUT2D eigenvalue weighted by atomic mass is 35.5. The van der Waals surface area contributed by atoms with Crippen LogP contribution in [0.2, 0.25) is 10.0 Å². The summed E-state index contributed by atoms with van der Waals surface area (Å²) in [4.78, 5) is 12.1. The van der Waals surface area contributed by atoms with Gasteiger partial charge in [0.05, 0.1) is 0 Å². The van der Waals surface area contributed by atoms with Crippen molar-refractivity contribution in [3.8, 4) is 0 Å². The largest absolute Gasteiger partial charge is 0.588 e. The van der Waals surface area contributed by atoms with Crippen LogP contribution in [0.3, 0.4) is 0 Å². The van der Waals surface area contributed by atoms with Crippen molar-refractivity contribution in [2.24, 2.45) is 0 Å². The van der Waals surface area contributed by atoms with Gasteiger partial charge in [-0.05, 0) is 48.5 Å². The molecule has 1 unspecified atom stereocenters. The molecule has 0 aliphatic carbocycles. The van der Waals surface area contributed by atoms with E-state index in [4.69, 9.17) is 23.2 Å². The first-order valence-electron chi connectivity index (χ1n) is 5.55. The Morgan fingerprint density at radius 3 is 2.00 bits per heavy atom. The summed E-state index contributed by atoms with van der Waals surface area (Å²) in [5, 5.41) is 3.66. The van der Waals surface area contributed by atoms with Gasteiger partial charge in [0.1, 0.15) is 11.4 Å². The molecule has 7 heteroatoms. The van der Waals surface area contributed by atoms with Crippen LogP contribution in [-0.4, -0.2) is 10.6 Å². The van der Waals surface area contributed by atoms with Crippen LogP contribution in [0.4, 0.5) is 10.5 Å². The summed E-state index contributed by atoms with van der Waals surface area (Å²) in [6.45, 7) is 0. The van der Waals surface area contributed by atoms with Crippen molar-refractivity contribution in [2.45, 2.75) is 4.90 Å². The molecule has 2 aromatic carbocycles. The van der Waals surface area contributed by atoms with E-state index >= 15 is 0 Å². The lowest BCUT2D eigenvalue weighted by Gasteiger charge is -2.11. The Kier molecular flexibility index (Phi) is 5.14. The lowest BCUT2D eigenvalue weighted by atomic mass is 10.3. The summed E-state index contributed by atoms with van der Waals surface area (Å²) < 4.78 is 14.2. The van der Waals surface area contributed by atoms with Gasteiger partial charge in [-0.3, -0.25) is 0 Å². The molecule has 0 bridgehead atoms. The molecule has 0 radical (unpaired) electrons. The van der Waals surface area contributed by atoms with E-state index in [1.165, 1.54) is 0 Å². The van der Waals surface area contributed by atoms with Crippen LogP contribution in [0, 0.1) is 0 Å². The van der Waals surface area contributed by atoms with Crippen molar-refractivity contribution in [1.29, 1.82) is 0 Å². The Hall–Kier alpha value is -1.40. The highest BCUT2D eigenvalue weighted by Crippen LogP contribution is 2.15. The monoisotopic (exact) mass is 328 g/mol. The van der Waals surface area contributed by atoms with Gasteiger partial charge in [-0.1, -0.05) is 23.2 Å². The topological polar surface area (TPSA) is 64.2 Å². The molecule has 0 fully saturated rings. The summed E-state index contributed by atoms with van der Waals surface area (Å²) in [7, 11) is 0. The van der Waals surface area contributed by atoms with E-state index in [1.807, 2.05) is 0 Å². The summed E-state index contributed by atoms with van der Waals surface area (Å²) in [5.74, 6) is 0. The molecule has 0 saturated carbocycles. The zero-order valence-corrected chi connectivity index (χ0v) is 12.4. The first-order chi connectivity index (χ1) is 9.54. The van der Waals surface area contributed by atoms with Crippen LogP contribution in [0.1, 0.15) is 0 Å². The van der Waals surface area contributed by atoms with Gasteiger partial charge in [0.2, 0.25) is 0 Å². The normalized spacial score (nSPS) is 11.8. The third-order valence-corrected chi connectivity index (χ3v) is 3.89. The van der Waals surface area contributed by atoms with Crippen LogP contribution < -0.4 is 10.0 Å². The van der Waals surface area contributed by atoms with Gasteiger partial charge in [0.25, 0.3) is 0 Å². The summed E-state index contributed by atoms with van der Waals surface area (Å²) in [6, 6.07) is 12.4. The number of carbonyl (C=O) groups is 1. The smallest absolute Gasteiger partial charge is 0.361 e. The van der Waals surface area contributed by atoms with Crippen LogP contribution in [0.25, 0.3) is 0 Å². The summed E-state index contributed by atoms with van der Waals surface area (Å²) in [6.07, 6.45) is 0. The molecule has 0 aliphatic rings. The van der Waals surface area contributed by atoms with E-state index in [2.05, 4.69) is 10.0 Å². The minimum absolute atomic E-state index is 0.459. The Morgan fingerprint density at radius 2 is 1.45 bits per heavy atom. The van der Waals surface area contributed by atoms with Gasteiger partial charge in [0, 0.05) is 15.7 Å². The summed E-state index contributed by atoms with van der Waals surface area (Å²) >= 11 is 9.82. The molecule has 0 aromatic heterocycles. The number of hydrogen-bond donors (Lipinski definition) is 2. The van der Waals surface area contributed by atoms with E-state index in [9.17, 15) is 9.35 Å². The SMILES string of the molecule is O=C(Nc1ccc(Cl)cc1)N[S+]([O-])c1ccc(Cl)cc1. The minimum atomic E-state index is -1.65. The van der Waals surface area contributed by atoms with E-state index in [0.717, 1.165) is 0 Å². The molecule has 2 amide bonds. The fraction of sp³-hybridized carbons (Fsp3) is 0. The molecular formula is C13H10Cl2N2O2S. The molecular weight excluding hydrogens is 319 g/mol. The van der Waals surface area contributed by atoms with Gasteiger partial charge in [-0.15, -0.1) is 4.72 Å². The lowest BCUT2D eigenvalue weighted by molar-refractivity contribution is 0.256. The van der Waals surface area contributed by atoms with Gasteiger partial charge in [0.15, 0.2) is 4.90 Å². The van der Waals surface area contributed by atoms with Gasteiger partial charge < -0.3 is 9.87 Å². The Balaban J connectivity index is 1.93. The van der Waals surface area contributed by atoms with Crippen molar-refractivity contribution in [1.82, 2.24) is 4.72 Å².